The predicted molar refractivity (Wildman–Crippen MR) is 76.3 cm³/mol. The van der Waals surface area contributed by atoms with Gasteiger partial charge in [-0.25, -0.2) is 0 Å². The van der Waals surface area contributed by atoms with E-state index in [0.717, 1.165) is 17.8 Å². The zero-order valence-corrected chi connectivity index (χ0v) is 12.2. The summed E-state index contributed by atoms with van der Waals surface area (Å²) in [6.45, 7) is 0. The lowest BCUT2D eigenvalue weighted by atomic mass is 10.0. The molecule has 7 heteroatoms. The van der Waals surface area contributed by atoms with Gasteiger partial charge in [0.1, 0.15) is 0 Å². The number of halogens is 5. The summed E-state index contributed by atoms with van der Waals surface area (Å²) in [5.74, 6) is 0. The van der Waals surface area contributed by atoms with Gasteiger partial charge in [-0.05, 0) is 42.3 Å². The highest BCUT2D eigenvalue weighted by atomic mass is 35.5. The second-order valence-electron chi connectivity index (χ2n) is 4.52. The number of pyridine rings is 1. The van der Waals surface area contributed by atoms with Crippen LogP contribution in [-0.2, 0) is 12.6 Å². The third-order valence-corrected chi connectivity index (χ3v) is 3.54. The lowest BCUT2D eigenvalue weighted by molar-refractivity contribution is -0.137. The molecule has 0 bridgehead atoms. The van der Waals surface area contributed by atoms with E-state index in [-0.39, 0.29) is 0 Å². The fourth-order valence-electron chi connectivity index (χ4n) is 1.83. The van der Waals surface area contributed by atoms with E-state index in [4.69, 9.17) is 28.9 Å². The third kappa shape index (κ3) is 4.09. The van der Waals surface area contributed by atoms with Crippen molar-refractivity contribution in [1.82, 2.24) is 4.98 Å². The second-order valence-corrected chi connectivity index (χ2v) is 5.36. The first-order chi connectivity index (χ1) is 9.77. The first-order valence-corrected chi connectivity index (χ1v) is 6.75. The van der Waals surface area contributed by atoms with Gasteiger partial charge in [-0.15, -0.1) is 0 Å². The van der Waals surface area contributed by atoms with Gasteiger partial charge in [0.25, 0.3) is 0 Å². The van der Waals surface area contributed by atoms with Crippen molar-refractivity contribution in [2.24, 2.45) is 5.73 Å². The van der Waals surface area contributed by atoms with Crippen LogP contribution in [0.1, 0.15) is 22.9 Å². The SMILES string of the molecule is NC(Cc1cc(Cl)ccc1Cl)c1ccc(C(F)(F)F)cn1. The first kappa shape index (κ1) is 16.1. The summed E-state index contributed by atoms with van der Waals surface area (Å²) < 4.78 is 37.4. The molecule has 0 fully saturated rings. The minimum absolute atomic E-state index is 0.331. The molecule has 0 saturated heterocycles. The Morgan fingerprint density at radius 3 is 2.43 bits per heavy atom. The van der Waals surface area contributed by atoms with Crippen LogP contribution >= 0.6 is 23.2 Å². The van der Waals surface area contributed by atoms with Crippen LogP contribution in [0.4, 0.5) is 13.2 Å². The molecular weight excluding hydrogens is 324 g/mol. The largest absolute Gasteiger partial charge is 0.417 e. The Kier molecular flexibility index (Phi) is 4.76. The molecule has 0 aliphatic rings. The molecule has 1 aromatic carbocycles. The molecule has 0 aliphatic heterocycles. The maximum atomic E-state index is 12.5. The van der Waals surface area contributed by atoms with Crippen molar-refractivity contribution < 1.29 is 13.2 Å². The number of benzene rings is 1. The average molecular weight is 335 g/mol. The van der Waals surface area contributed by atoms with Crippen LogP contribution in [0.5, 0.6) is 0 Å². The molecule has 1 atom stereocenters. The summed E-state index contributed by atoms with van der Waals surface area (Å²) in [5.41, 5.74) is 6.23. The molecule has 0 amide bonds. The van der Waals surface area contributed by atoms with Gasteiger partial charge in [-0.2, -0.15) is 13.2 Å². The van der Waals surface area contributed by atoms with Crippen molar-refractivity contribution in [3.05, 3.63) is 63.4 Å². The van der Waals surface area contributed by atoms with Crippen LogP contribution in [0.2, 0.25) is 10.0 Å². The van der Waals surface area contributed by atoms with Gasteiger partial charge < -0.3 is 5.73 Å². The van der Waals surface area contributed by atoms with E-state index in [9.17, 15) is 13.2 Å². The van der Waals surface area contributed by atoms with Crippen LogP contribution in [0.15, 0.2) is 36.5 Å². The fraction of sp³-hybridized carbons (Fsp3) is 0.214. The Bertz CT molecular complexity index is 627. The van der Waals surface area contributed by atoms with Gasteiger partial charge >= 0.3 is 6.18 Å². The summed E-state index contributed by atoms with van der Waals surface area (Å²) in [6, 6.07) is 6.63. The Morgan fingerprint density at radius 1 is 1.14 bits per heavy atom. The molecule has 21 heavy (non-hydrogen) atoms. The highest BCUT2D eigenvalue weighted by Crippen LogP contribution is 2.29. The van der Waals surface area contributed by atoms with Crippen molar-refractivity contribution in [2.45, 2.75) is 18.6 Å². The van der Waals surface area contributed by atoms with Crippen LogP contribution in [0.3, 0.4) is 0 Å². The second kappa shape index (κ2) is 6.22. The van der Waals surface area contributed by atoms with Gasteiger partial charge in [0.2, 0.25) is 0 Å². The number of hydrogen-bond acceptors (Lipinski definition) is 2. The summed E-state index contributed by atoms with van der Waals surface area (Å²) in [6.07, 6.45) is -3.31. The third-order valence-electron chi connectivity index (χ3n) is 2.94. The summed E-state index contributed by atoms with van der Waals surface area (Å²) in [5, 5.41) is 1.02. The zero-order chi connectivity index (χ0) is 15.6. The zero-order valence-electron chi connectivity index (χ0n) is 10.7. The lowest BCUT2D eigenvalue weighted by Crippen LogP contribution is -2.16. The van der Waals surface area contributed by atoms with E-state index in [1.54, 1.807) is 18.2 Å². The van der Waals surface area contributed by atoms with E-state index >= 15 is 0 Å². The molecule has 1 heterocycles. The predicted octanol–water partition coefficient (Wildman–Crippen LogP) is 4.65. The minimum Gasteiger partial charge on any atom is -0.322 e. The smallest absolute Gasteiger partial charge is 0.322 e. The van der Waals surface area contributed by atoms with Crippen molar-refractivity contribution in [3.8, 4) is 0 Å². The normalized spacial score (nSPS) is 13.2. The molecule has 0 spiro atoms. The Balaban J connectivity index is 2.17. The maximum Gasteiger partial charge on any atom is 0.417 e. The first-order valence-electron chi connectivity index (χ1n) is 6.00. The Hall–Kier alpha value is -1.30. The molecule has 112 valence electrons. The average Bonchev–Trinajstić information content (AvgIpc) is 2.42. The number of nitrogens with two attached hydrogens (primary N) is 1. The Labute approximate surface area is 129 Å². The van der Waals surface area contributed by atoms with Crippen molar-refractivity contribution in [2.75, 3.05) is 0 Å². The topological polar surface area (TPSA) is 38.9 Å². The summed E-state index contributed by atoms with van der Waals surface area (Å²) in [4.78, 5) is 3.77. The van der Waals surface area contributed by atoms with Gasteiger partial charge in [0.15, 0.2) is 0 Å². The van der Waals surface area contributed by atoms with Crippen LogP contribution in [-0.4, -0.2) is 4.98 Å². The quantitative estimate of drug-likeness (QED) is 0.887. The molecule has 0 radical (unpaired) electrons. The fourth-order valence-corrected chi connectivity index (χ4v) is 2.22. The van der Waals surface area contributed by atoms with E-state index in [2.05, 4.69) is 4.98 Å². The van der Waals surface area contributed by atoms with Crippen molar-refractivity contribution in [3.63, 3.8) is 0 Å². The molecule has 1 aromatic heterocycles. The molecule has 2 N–H and O–H groups in total. The van der Waals surface area contributed by atoms with Gasteiger partial charge in [0, 0.05) is 16.2 Å². The van der Waals surface area contributed by atoms with Crippen LogP contribution in [0.25, 0.3) is 0 Å². The highest BCUT2D eigenvalue weighted by molar-refractivity contribution is 6.33. The number of aromatic nitrogens is 1. The number of hydrogen-bond donors (Lipinski definition) is 1. The van der Waals surface area contributed by atoms with E-state index < -0.39 is 17.8 Å². The standard InChI is InChI=1S/C14H11Cl2F3N2/c15-10-2-3-11(16)8(5-10)6-12(20)13-4-1-9(7-21-13)14(17,18)19/h1-5,7,12H,6,20H2. The van der Waals surface area contributed by atoms with Crippen molar-refractivity contribution in [1.29, 1.82) is 0 Å². The Morgan fingerprint density at radius 2 is 1.86 bits per heavy atom. The van der Waals surface area contributed by atoms with E-state index in [0.29, 0.717) is 22.2 Å². The maximum absolute atomic E-state index is 12.5. The van der Waals surface area contributed by atoms with Crippen LogP contribution < -0.4 is 5.73 Å². The van der Waals surface area contributed by atoms with Gasteiger partial charge in [-0.3, -0.25) is 4.98 Å². The molecule has 0 saturated carbocycles. The molecule has 2 nitrogen and oxygen atoms in total. The molecule has 2 aromatic rings. The van der Waals surface area contributed by atoms with Crippen LogP contribution in [0, 0.1) is 0 Å². The molecular formula is C14H11Cl2F3N2. The van der Waals surface area contributed by atoms with E-state index in [1.165, 1.54) is 6.07 Å². The summed E-state index contributed by atoms with van der Waals surface area (Å²) in [7, 11) is 0. The minimum atomic E-state index is -4.41. The van der Waals surface area contributed by atoms with Gasteiger partial charge in [-0.1, -0.05) is 23.2 Å². The molecule has 2 rings (SSSR count). The van der Waals surface area contributed by atoms with Gasteiger partial charge in [0.05, 0.1) is 17.3 Å². The summed E-state index contributed by atoms with van der Waals surface area (Å²) >= 11 is 11.9. The van der Waals surface area contributed by atoms with Crippen molar-refractivity contribution >= 4 is 23.2 Å². The molecule has 0 aliphatic carbocycles. The number of alkyl halides is 3. The van der Waals surface area contributed by atoms with E-state index in [1.807, 2.05) is 0 Å². The molecule has 1 unspecified atom stereocenters. The number of rotatable bonds is 3. The number of nitrogens with zero attached hydrogens (tertiary/aromatic N) is 1. The highest BCUT2D eigenvalue weighted by Gasteiger charge is 2.30. The lowest BCUT2D eigenvalue weighted by Gasteiger charge is -2.14. The monoisotopic (exact) mass is 334 g/mol.